The number of nitrogens with one attached hydrogen (secondary N) is 1. The van der Waals surface area contributed by atoms with E-state index in [9.17, 15) is 0 Å². The number of rotatable bonds is 6. The number of benzene rings is 1. The summed E-state index contributed by atoms with van der Waals surface area (Å²) >= 11 is 5.34. The molecule has 0 saturated carbocycles. The van der Waals surface area contributed by atoms with E-state index in [0.29, 0.717) is 0 Å². The summed E-state index contributed by atoms with van der Waals surface area (Å²) in [6.45, 7) is 7.14. The zero-order valence-electron chi connectivity index (χ0n) is 12.0. The molecule has 0 saturated heterocycles. The minimum atomic E-state index is 0.190. The van der Waals surface area contributed by atoms with E-state index in [1.54, 1.807) is 11.3 Å². The van der Waals surface area contributed by atoms with Crippen LogP contribution >= 0.6 is 27.3 Å². The minimum Gasteiger partial charge on any atom is -0.491 e. The standard InChI is InChI=1S/C16H20BrNOS/c1-4-18-16(14-9-20-10-15(14)17)12-6-5-7-13(8-12)19-11(2)3/h5-11,16,18H,4H2,1-3H3. The molecule has 2 rings (SSSR count). The van der Waals surface area contributed by atoms with Crippen molar-refractivity contribution in [2.45, 2.75) is 32.9 Å². The van der Waals surface area contributed by atoms with Gasteiger partial charge in [-0.1, -0.05) is 19.1 Å². The Hall–Kier alpha value is -0.840. The highest BCUT2D eigenvalue weighted by Crippen LogP contribution is 2.32. The highest BCUT2D eigenvalue weighted by molar-refractivity contribution is 9.10. The molecule has 108 valence electrons. The first-order valence-electron chi connectivity index (χ1n) is 6.83. The molecule has 2 aromatic rings. The van der Waals surface area contributed by atoms with Crippen molar-refractivity contribution in [3.8, 4) is 5.75 Å². The molecule has 1 aromatic carbocycles. The van der Waals surface area contributed by atoms with Crippen LogP contribution in [0.15, 0.2) is 39.5 Å². The van der Waals surface area contributed by atoms with Crippen molar-refractivity contribution in [3.63, 3.8) is 0 Å². The topological polar surface area (TPSA) is 21.3 Å². The molecular weight excluding hydrogens is 334 g/mol. The predicted molar refractivity (Wildman–Crippen MR) is 89.7 cm³/mol. The van der Waals surface area contributed by atoms with Gasteiger partial charge in [0.2, 0.25) is 0 Å². The van der Waals surface area contributed by atoms with Gasteiger partial charge in [-0.15, -0.1) is 0 Å². The molecule has 0 aliphatic carbocycles. The van der Waals surface area contributed by atoms with E-state index in [4.69, 9.17) is 4.74 Å². The number of hydrogen-bond acceptors (Lipinski definition) is 3. The molecule has 20 heavy (non-hydrogen) atoms. The molecule has 0 amide bonds. The second-order valence-corrected chi connectivity index (χ2v) is 6.50. The van der Waals surface area contributed by atoms with E-state index >= 15 is 0 Å². The van der Waals surface area contributed by atoms with Crippen LogP contribution in [0.5, 0.6) is 5.75 Å². The average molecular weight is 354 g/mol. The molecule has 0 aliphatic rings. The summed E-state index contributed by atoms with van der Waals surface area (Å²) in [6, 6.07) is 8.52. The highest BCUT2D eigenvalue weighted by Gasteiger charge is 2.17. The Morgan fingerprint density at radius 2 is 2.10 bits per heavy atom. The van der Waals surface area contributed by atoms with Gasteiger partial charge in [0.05, 0.1) is 12.1 Å². The maximum Gasteiger partial charge on any atom is 0.120 e. The van der Waals surface area contributed by atoms with Crippen molar-refractivity contribution in [2.75, 3.05) is 6.54 Å². The van der Waals surface area contributed by atoms with Crippen LogP contribution < -0.4 is 10.1 Å². The Kier molecular flexibility index (Phi) is 5.64. The number of thiophene rings is 1. The lowest BCUT2D eigenvalue weighted by molar-refractivity contribution is 0.242. The molecule has 0 fully saturated rings. The first kappa shape index (κ1) is 15.5. The van der Waals surface area contributed by atoms with Gasteiger partial charge in [-0.05, 0) is 65.0 Å². The van der Waals surface area contributed by atoms with Crippen molar-refractivity contribution in [1.29, 1.82) is 0 Å². The lowest BCUT2D eigenvalue weighted by Crippen LogP contribution is -2.22. The fraction of sp³-hybridized carbons (Fsp3) is 0.375. The average Bonchev–Trinajstić information content (AvgIpc) is 2.81. The third-order valence-electron chi connectivity index (χ3n) is 2.92. The smallest absolute Gasteiger partial charge is 0.120 e. The van der Waals surface area contributed by atoms with Crippen LogP contribution in [-0.2, 0) is 0 Å². The van der Waals surface area contributed by atoms with Crippen LogP contribution in [0.3, 0.4) is 0 Å². The second kappa shape index (κ2) is 7.25. The maximum absolute atomic E-state index is 5.79. The van der Waals surface area contributed by atoms with Crippen molar-refractivity contribution in [3.05, 3.63) is 50.6 Å². The fourth-order valence-electron chi connectivity index (χ4n) is 2.15. The van der Waals surface area contributed by atoms with Gasteiger partial charge in [0.1, 0.15) is 5.75 Å². The van der Waals surface area contributed by atoms with Crippen molar-refractivity contribution >= 4 is 27.3 Å². The third kappa shape index (κ3) is 3.84. The quantitative estimate of drug-likeness (QED) is 0.789. The molecule has 0 bridgehead atoms. The Bertz CT molecular complexity index is 553. The number of halogens is 1. The van der Waals surface area contributed by atoms with E-state index in [-0.39, 0.29) is 12.1 Å². The van der Waals surface area contributed by atoms with Gasteiger partial charge < -0.3 is 10.1 Å². The molecule has 1 N–H and O–H groups in total. The summed E-state index contributed by atoms with van der Waals surface area (Å²) in [7, 11) is 0. The molecular formula is C16H20BrNOS. The van der Waals surface area contributed by atoms with Gasteiger partial charge in [0.25, 0.3) is 0 Å². The van der Waals surface area contributed by atoms with Gasteiger partial charge in [-0.2, -0.15) is 11.3 Å². The zero-order chi connectivity index (χ0) is 14.5. The first-order chi connectivity index (χ1) is 9.61. The predicted octanol–water partition coefficient (Wildman–Crippen LogP) is 5.00. The molecule has 1 aromatic heterocycles. The summed E-state index contributed by atoms with van der Waals surface area (Å²) in [5.41, 5.74) is 2.50. The first-order valence-corrected chi connectivity index (χ1v) is 8.57. The SMILES string of the molecule is CCNC(c1cccc(OC(C)C)c1)c1cscc1Br. The van der Waals surface area contributed by atoms with E-state index < -0.39 is 0 Å². The monoisotopic (exact) mass is 353 g/mol. The van der Waals surface area contributed by atoms with Crippen LogP contribution in [0, 0.1) is 0 Å². The van der Waals surface area contributed by atoms with Gasteiger partial charge >= 0.3 is 0 Å². The molecule has 0 radical (unpaired) electrons. The molecule has 1 heterocycles. The van der Waals surface area contributed by atoms with Crippen molar-refractivity contribution in [2.24, 2.45) is 0 Å². The third-order valence-corrected chi connectivity index (χ3v) is 4.68. The van der Waals surface area contributed by atoms with E-state index in [1.807, 2.05) is 19.9 Å². The Morgan fingerprint density at radius 1 is 1.30 bits per heavy atom. The molecule has 0 aliphatic heterocycles. The highest BCUT2D eigenvalue weighted by atomic mass is 79.9. The van der Waals surface area contributed by atoms with Crippen LogP contribution in [0.4, 0.5) is 0 Å². The second-order valence-electron chi connectivity index (χ2n) is 4.90. The van der Waals surface area contributed by atoms with Gasteiger partial charge in [0.15, 0.2) is 0 Å². The molecule has 1 atom stereocenters. The Balaban J connectivity index is 2.32. The summed E-state index contributed by atoms with van der Waals surface area (Å²) in [6.07, 6.45) is 0.190. The van der Waals surface area contributed by atoms with Gasteiger partial charge in [-0.3, -0.25) is 0 Å². The summed E-state index contributed by atoms with van der Waals surface area (Å²) in [5, 5.41) is 7.85. The van der Waals surface area contributed by atoms with Gasteiger partial charge in [0, 0.05) is 9.85 Å². The Labute approximate surface area is 133 Å². The normalized spacial score (nSPS) is 12.7. The van der Waals surface area contributed by atoms with E-state index in [2.05, 4.69) is 57.1 Å². The summed E-state index contributed by atoms with van der Waals surface area (Å²) in [4.78, 5) is 0. The molecule has 4 heteroatoms. The maximum atomic E-state index is 5.79. The van der Waals surface area contributed by atoms with Crippen LogP contribution in [0.25, 0.3) is 0 Å². The molecule has 1 unspecified atom stereocenters. The van der Waals surface area contributed by atoms with Gasteiger partial charge in [-0.25, -0.2) is 0 Å². The summed E-state index contributed by atoms with van der Waals surface area (Å²) < 4.78 is 6.95. The Morgan fingerprint density at radius 3 is 2.70 bits per heavy atom. The lowest BCUT2D eigenvalue weighted by atomic mass is 10.0. The summed E-state index contributed by atoms with van der Waals surface area (Å²) in [5.74, 6) is 0.923. The number of ether oxygens (including phenoxy) is 1. The lowest BCUT2D eigenvalue weighted by Gasteiger charge is -2.19. The fourth-order valence-corrected chi connectivity index (χ4v) is 3.70. The largest absolute Gasteiger partial charge is 0.491 e. The molecule has 2 nitrogen and oxygen atoms in total. The van der Waals surface area contributed by atoms with Crippen molar-refractivity contribution in [1.82, 2.24) is 5.32 Å². The van der Waals surface area contributed by atoms with Crippen molar-refractivity contribution < 1.29 is 4.74 Å². The zero-order valence-corrected chi connectivity index (χ0v) is 14.4. The molecule has 0 spiro atoms. The minimum absolute atomic E-state index is 0.190. The van der Waals surface area contributed by atoms with Crippen LogP contribution in [0.1, 0.15) is 37.9 Å². The van der Waals surface area contributed by atoms with Crippen LogP contribution in [0.2, 0.25) is 0 Å². The number of hydrogen-bond donors (Lipinski definition) is 1. The van der Waals surface area contributed by atoms with Crippen LogP contribution in [-0.4, -0.2) is 12.6 Å². The van der Waals surface area contributed by atoms with E-state index in [0.717, 1.165) is 16.8 Å². The van der Waals surface area contributed by atoms with E-state index in [1.165, 1.54) is 11.1 Å².